The van der Waals surface area contributed by atoms with E-state index in [0.29, 0.717) is 11.0 Å². The molecule has 0 N–H and O–H groups in total. The van der Waals surface area contributed by atoms with E-state index in [1.54, 1.807) is 11.3 Å². The van der Waals surface area contributed by atoms with Crippen molar-refractivity contribution in [3.63, 3.8) is 0 Å². The minimum Gasteiger partial charge on any atom is -0.623 e. The molecule has 0 radical (unpaired) electrons. The summed E-state index contributed by atoms with van der Waals surface area (Å²) in [6, 6.07) is 3.67. The molecule has 0 amide bonds. The van der Waals surface area contributed by atoms with Crippen LogP contribution >= 0.6 is 27.3 Å². The van der Waals surface area contributed by atoms with Crippen LogP contribution in [-0.2, 0) is 9.47 Å². The van der Waals surface area contributed by atoms with E-state index in [4.69, 9.17) is 9.47 Å². The fraction of sp³-hybridized carbons (Fsp3) is 0.583. The summed E-state index contributed by atoms with van der Waals surface area (Å²) in [6.07, 6.45) is -0.465. The second kappa shape index (κ2) is 4.30. The van der Waals surface area contributed by atoms with Gasteiger partial charge in [0.05, 0.1) is 10.2 Å². The molecule has 1 aromatic rings. The maximum Gasteiger partial charge on any atom is 0.237 e. The molecule has 2 aliphatic rings. The zero-order chi connectivity index (χ0) is 12.9. The number of ether oxygens (including phenoxy) is 2. The summed E-state index contributed by atoms with van der Waals surface area (Å²) in [4.78, 5) is 0.963. The summed E-state index contributed by atoms with van der Waals surface area (Å²) in [5.74, 6) is -0.625. The molecule has 3 heterocycles. The Bertz CT molecular complexity index is 486. The molecule has 0 bridgehead atoms. The van der Waals surface area contributed by atoms with Crippen LogP contribution in [-0.4, -0.2) is 39.8 Å². The third-order valence-corrected chi connectivity index (χ3v) is 4.80. The second-order valence-corrected chi connectivity index (χ2v) is 6.53. The fourth-order valence-electron chi connectivity index (χ4n) is 2.54. The molecule has 0 aromatic carbocycles. The van der Waals surface area contributed by atoms with Crippen molar-refractivity contribution in [2.45, 2.75) is 37.9 Å². The van der Waals surface area contributed by atoms with Crippen LogP contribution in [0.4, 0.5) is 0 Å². The molecular weight excluding hydrogens is 318 g/mol. The third-order valence-electron chi connectivity index (χ3n) is 3.25. The molecule has 98 valence electrons. The van der Waals surface area contributed by atoms with E-state index in [9.17, 15) is 5.21 Å². The Hall–Kier alpha value is -0.430. The van der Waals surface area contributed by atoms with Crippen molar-refractivity contribution in [2.24, 2.45) is 0 Å². The number of alkyl halides is 1. The van der Waals surface area contributed by atoms with Gasteiger partial charge in [0.25, 0.3) is 0 Å². The average Bonchev–Trinajstić information content (AvgIpc) is 2.93. The lowest BCUT2D eigenvalue weighted by Gasteiger charge is -2.20. The van der Waals surface area contributed by atoms with E-state index < -0.39 is 5.79 Å². The predicted molar refractivity (Wildman–Crippen MR) is 73.5 cm³/mol. The summed E-state index contributed by atoms with van der Waals surface area (Å²) in [6.45, 7) is 3.77. The summed E-state index contributed by atoms with van der Waals surface area (Å²) < 4.78 is 12.8. The third kappa shape index (κ3) is 1.82. The number of thiophene rings is 1. The van der Waals surface area contributed by atoms with Crippen LogP contribution < -0.4 is 0 Å². The highest BCUT2D eigenvalue weighted by molar-refractivity contribution is 9.09. The van der Waals surface area contributed by atoms with E-state index in [1.165, 1.54) is 0 Å². The Kier molecular flexibility index (Phi) is 3.01. The first-order valence-corrected chi connectivity index (χ1v) is 7.82. The van der Waals surface area contributed by atoms with Crippen molar-refractivity contribution in [3.8, 4) is 0 Å². The van der Waals surface area contributed by atoms with Gasteiger partial charge in [-0.3, -0.25) is 0 Å². The molecule has 1 saturated heterocycles. The van der Waals surface area contributed by atoms with Crippen molar-refractivity contribution in [3.05, 3.63) is 27.6 Å². The molecule has 0 spiro atoms. The van der Waals surface area contributed by atoms with E-state index in [2.05, 4.69) is 15.9 Å². The van der Waals surface area contributed by atoms with Gasteiger partial charge in [0.2, 0.25) is 11.8 Å². The predicted octanol–water partition coefficient (Wildman–Crippen LogP) is 2.34. The number of fused-ring (bicyclic) bond motifs is 1. The molecule has 18 heavy (non-hydrogen) atoms. The van der Waals surface area contributed by atoms with E-state index in [0.717, 1.165) is 9.62 Å². The highest BCUT2D eigenvalue weighted by Gasteiger charge is 2.58. The fourth-order valence-corrected chi connectivity index (χ4v) is 3.96. The van der Waals surface area contributed by atoms with Crippen molar-refractivity contribution in [2.75, 3.05) is 5.33 Å². The summed E-state index contributed by atoms with van der Waals surface area (Å²) >= 11 is 4.95. The summed E-state index contributed by atoms with van der Waals surface area (Å²) in [5, 5.41) is 14.9. The van der Waals surface area contributed by atoms with Gasteiger partial charge in [0.15, 0.2) is 18.0 Å². The molecule has 4 nitrogen and oxygen atoms in total. The topological polar surface area (TPSA) is 44.5 Å². The molecule has 1 aromatic heterocycles. The van der Waals surface area contributed by atoms with Gasteiger partial charge in [-0.2, -0.15) is 4.74 Å². The van der Waals surface area contributed by atoms with Crippen LogP contribution in [0.25, 0.3) is 0 Å². The lowest BCUT2D eigenvalue weighted by atomic mass is 10.1. The highest BCUT2D eigenvalue weighted by atomic mass is 79.9. The van der Waals surface area contributed by atoms with Gasteiger partial charge in [-0.15, -0.1) is 11.3 Å². The van der Waals surface area contributed by atoms with Gasteiger partial charge < -0.3 is 14.7 Å². The molecule has 0 aliphatic carbocycles. The number of hydrogen-bond acceptors (Lipinski definition) is 4. The number of rotatable bonds is 2. The number of hydroxylamine groups is 1. The zero-order valence-electron chi connectivity index (χ0n) is 10.1. The Labute approximate surface area is 118 Å². The van der Waals surface area contributed by atoms with Gasteiger partial charge in [-0.05, 0) is 25.3 Å². The molecule has 0 saturated carbocycles. The van der Waals surface area contributed by atoms with Gasteiger partial charge >= 0.3 is 0 Å². The first-order chi connectivity index (χ1) is 8.53. The summed E-state index contributed by atoms with van der Waals surface area (Å²) in [7, 11) is 0. The number of hydrogen-bond donors (Lipinski definition) is 0. The van der Waals surface area contributed by atoms with Crippen molar-refractivity contribution >= 4 is 33.0 Å². The standard InChI is InChI=1S/C12H14BrNO3S/c1-12(2)16-10-7(6-13)14(15)9(11(10)17-12)8-4-3-5-18-8/h3-5,7,10-11H,6H2,1-2H3/t7-,10+,11-/m0/s1. The minimum absolute atomic E-state index is 0.200. The molecule has 3 atom stereocenters. The lowest BCUT2D eigenvalue weighted by molar-refractivity contribution is -0.497. The first kappa shape index (κ1) is 12.6. The summed E-state index contributed by atoms with van der Waals surface area (Å²) in [5.41, 5.74) is 0.699. The largest absolute Gasteiger partial charge is 0.623 e. The van der Waals surface area contributed by atoms with Gasteiger partial charge in [0.1, 0.15) is 0 Å². The van der Waals surface area contributed by atoms with Crippen molar-refractivity contribution in [1.82, 2.24) is 0 Å². The van der Waals surface area contributed by atoms with Crippen LogP contribution in [0.3, 0.4) is 0 Å². The van der Waals surface area contributed by atoms with Crippen LogP contribution in [0.1, 0.15) is 18.7 Å². The molecule has 6 heteroatoms. The SMILES string of the molecule is CC1(C)O[C@H]2[C@@H](O1)C(c1cccs1)=[N+]([O-])[C@H]2CBr. The Morgan fingerprint density at radius 2 is 2.28 bits per heavy atom. The maximum atomic E-state index is 12.4. The van der Waals surface area contributed by atoms with E-state index in [-0.39, 0.29) is 18.2 Å². The Morgan fingerprint density at radius 3 is 2.89 bits per heavy atom. The Morgan fingerprint density at radius 1 is 1.50 bits per heavy atom. The van der Waals surface area contributed by atoms with Gasteiger partial charge in [-0.25, -0.2) is 0 Å². The molecule has 0 unspecified atom stereocenters. The molecule has 3 rings (SSSR count). The van der Waals surface area contributed by atoms with E-state index >= 15 is 0 Å². The molecule has 1 fully saturated rings. The van der Waals surface area contributed by atoms with Gasteiger partial charge in [-0.1, -0.05) is 22.0 Å². The van der Waals surface area contributed by atoms with Gasteiger partial charge in [0, 0.05) is 0 Å². The highest BCUT2D eigenvalue weighted by Crippen LogP contribution is 2.37. The van der Waals surface area contributed by atoms with E-state index in [1.807, 2.05) is 31.4 Å². The molecular formula is C12H14BrNO3S. The number of halogens is 1. The van der Waals surface area contributed by atoms with Crippen LogP contribution in [0.15, 0.2) is 17.5 Å². The normalized spacial score (nSPS) is 34.1. The van der Waals surface area contributed by atoms with Crippen LogP contribution in [0.2, 0.25) is 0 Å². The zero-order valence-corrected chi connectivity index (χ0v) is 12.5. The Balaban J connectivity index is 2.03. The maximum absolute atomic E-state index is 12.4. The quantitative estimate of drug-likeness (QED) is 0.474. The molecule has 2 aliphatic heterocycles. The minimum atomic E-state index is -0.625. The van der Waals surface area contributed by atoms with Crippen LogP contribution in [0.5, 0.6) is 0 Å². The smallest absolute Gasteiger partial charge is 0.237 e. The second-order valence-electron chi connectivity index (χ2n) is 4.93. The van der Waals surface area contributed by atoms with Crippen molar-refractivity contribution < 1.29 is 14.2 Å². The lowest BCUT2D eigenvalue weighted by Crippen LogP contribution is -2.35. The van der Waals surface area contributed by atoms with Crippen LogP contribution in [0, 0.1) is 5.21 Å². The first-order valence-electron chi connectivity index (χ1n) is 5.82. The number of nitrogens with zero attached hydrogens (tertiary/aromatic N) is 1. The monoisotopic (exact) mass is 331 g/mol. The average molecular weight is 332 g/mol. The van der Waals surface area contributed by atoms with Crippen molar-refractivity contribution in [1.29, 1.82) is 0 Å².